The molecule has 0 unspecified atom stereocenters. The second-order valence-electron chi connectivity index (χ2n) is 4.35. The normalized spacial score (nSPS) is 18.2. The van der Waals surface area contributed by atoms with Gasteiger partial charge < -0.3 is 9.88 Å². The standard InChI is InChI=1S/C12H21N3/c1-2-15-9-8-13-12(15)10-14-11-6-4-3-5-7-11/h8-9,11,14H,2-7,10H2,1H3. The van der Waals surface area contributed by atoms with E-state index in [2.05, 4.69) is 28.0 Å². The lowest BCUT2D eigenvalue weighted by Crippen LogP contribution is -2.31. The van der Waals surface area contributed by atoms with Crippen LogP contribution in [0, 0.1) is 0 Å². The van der Waals surface area contributed by atoms with Gasteiger partial charge in [-0.2, -0.15) is 0 Å². The zero-order valence-corrected chi connectivity index (χ0v) is 9.58. The van der Waals surface area contributed by atoms with Gasteiger partial charge in [0.15, 0.2) is 0 Å². The van der Waals surface area contributed by atoms with Crippen LogP contribution in [-0.4, -0.2) is 15.6 Å². The lowest BCUT2D eigenvalue weighted by molar-refractivity contribution is 0.367. The molecule has 0 aromatic carbocycles. The second kappa shape index (κ2) is 5.31. The van der Waals surface area contributed by atoms with Crippen LogP contribution in [0.4, 0.5) is 0 Å². The van der Waals surface area contributed by atoms with E-state index < -0.39 is 0 Å². The van der Waals surface area contributed by atoms with E-state index in [0.29, 0.717) is 0 Å². The number of nitrogens with one attached hydrogen (secondary N) is 1. The molecule has 1 aromatic heterocycles. The molecular formula is C12H21N3. The van der Waals surface area contributed by atoms with Gasteiger partial charge in [0.1, 0.15) is 5.82 Å². The Labute approximate surface area is 91.9 Å². The van der Waals surface area contributed by atoms with E-state index in [1.54, 1.807) is 0 Å². The van der Waals surface area contributed by atoms with Crippen LogP contribution in [0.25, 0.3) is 0 Å². The first kappa shape index (κ1) is 10.7. The Morgan fingerprint density at radius 1 is 1.40 bits per heavy atom. The lowest BCUT2D eigenvalue weighted by atomic mass is 9.95. The summed E-state index contributed by atoms with van der Waals surface area (Å²) in [5, 5.41) is 3.62. The van der Waals surface area contributed by atoms with E-state index in [1.807, 2.05) is 6.20 Å². The lowest BCUT2D eigenvalue weighted by Gasteiger charge is -2.22. The number of hydrogen-bond donors (Lipinski definition) is 1. The number of hydrogen-bond acceptors (Lipinski definition) is 2. The summed E-state index contributed by atoms with van der Waals surface area (Å²) < 4.78 is 2.20. The van der Waals surface area contributed by atoms with Crippen LogP contribution in [0.3, 0.4) is 0 Å². The number of aromatic nitrogens is 2. The van der Waals surface area contributed by atoms with Gasteiger partial charge in [0.05, 0.1) is 6.54 Å². The summed E-state index contributed by atoms with van der Waals surface area (Å²) in [6.07, 6.45) is 10.8. The molecule has 15 heavy (non-hydrogen) atoms. The van der Waals surface area contributed by atoms with Gasteiger partial charge >= 0.3 is 0 Å². The van der Waals surface area contributed by atoms with E-state index in [4.69, 9.17) is 0 Å². The molecule has 1 heterocycles. The molecule has 84 valence electrons. The summed E-state index contributed by atoms with van der Waals surface area (Å²) >= 11 is 0. The van der Waals surface area contributed by atoms with Crippen LogP contribution in [0.15, 0.2) is 12.4 Å². The van der Waals surface area contributed by atoms with Gasteiger partial charge in [-0.05, 0) is 19.8 Å². The molecule has 1 aliphatic carbocycles. The van der Waals surface area contributed by atoms with Crippen molar-refractivity contribution in [2.24, 2.45) is 0 Å². The van der Waals surface area contributed by atoms with Crippen molar-refractivity contribution in [3.63, 3.8) is 0 Å². The third kappa shape index (κ3) is 2.81. The van der Waals surface area contributed by atoms with Crippen LogP contribution in [0.2, 0.25) is 0 Å². The van der Waals surface area contributed by atoms with E-state index in [9.17, 15) is 0 Å². The Hall–Kier alpha value is -0.830. The largest absolute Gasteiger partial charge is 0.334 e. The number of rotatable bonds is 4. The molecule has 0 aliphatic heterocycles. The van der Waals surface area contributed by atoms with Crippen LogP contribution in [0.5, 0.6) is 0 Å². The Kier molecular flexibility index (Phi) is 3.78. The van der Waals surface area contributed by atoms with Gasteiger partial charge in [0.2, 0.25) is 0 Å². The molecule has 0 amide bonds. The molecule has 1 saturated carbocycles. The maximum atomic E-state index is 4.37. The molecule has 3 heteroatoms. The molecule has 3 nitrogen and oxygen atoms in total. The smallest absolute Gasteiger partial charge is 0.122 e. The minimum Gasteiger partial charge on any atom is -0.334 e. The summed E-state index contributed by atoms with van der Waals surface area (Å²) in [6.45, 7) is 4.10. The van der Waals surface area contributed by atoms with E-state index >= 15 is 0 Å². The van der Waals surface area contributed by atoms with Crippen molar-refractivity contribution in [2.45, 2.75) is 58.2 Å². The summed E-state index contributed by atoms with van der Waals surface area (Å²) in [5.41, 5.74) is 0. The highest BCUT2D eigenvalue weighted by Crippen LogP contribution is 2.17. The average molecular weight is 207 g/mol. The molecular weight excluding hydrogens is 186 g/mol. The fraction of sp³-hybridized carbons (Fsp3) is 0.750. The van der Waals surface area contributed by atoms with Gasteiger partial charge in [0, 0.05) is 25.0 Å². The first-order chi connectivity index (χ1) is 7.40. The quantitative estimate of drug-likeness (QED) is 0.821. The number of aryl methyl sites for hydroxylation is 1. The molecule has 0 spiro atoms. The van der Waals surface area contributed by atoms with Gasteiger partial charge in [-0.15, -0.1) is 0 Å². The molecule has 1 N–H and O–H groups in total. The Balaban J connectivity index is 1.81. The third-order valence-corrected chi connectivity index (χ3v) is 3.30. The first-order valence-electron chi connectivity index (χ1n) is 6.13. The Bertz CT molecular complexity index is 287. The topological polar surface area (TPSA) is 29.9 Å². The molecule has 0 saturated heterocycles. The molecule has 0 radical (unpaired) electrons. The predicted molar refractivity (Wildman–Crippen MR) is 61.6 cm³/mol. The summed E-state index contributed by atoms with van der Waals surface area (Å²) in [4.78, 5) is 4.37. The van der Waals surface area contributed by atoms with Gasteiger partial charge in [-0.25, -0.2) is 4.98 Å². The maximum absolute atomic E-state index is 4.37. The number of imidazole rings is 1. The summed E-state index contributed by atoms with van der Waals surface area (Å²) in [7, 11) is 0. The molecule has 1 fully saturated rings. The monoisotopic (exact) mass is 207 g/mol. The fourth-order valence-electron chi connectivity index (χ4n) is 2.34. The average Bonchev–Trinajstić information content (AvgIpc) is 2.75. The van der Waals surface area contributed by atoms with Crippen molar-refractivity contribution in [2.75, 3.05) is 0 Å². The van der Waals surface area contributed by atoms with E-state index in [-0.39, 0.29) is 0 Å². The van der Waals surface area contributed by atoms with Crippen molar-refractivity contribution in [1.82, 2.24) is 14.9 Å². The van der Waals surface area contributed by atoms with Gasteiger partial charge in [-0.1, -0.05) is 19.3 Å². The Morgan fingerprint density at radius 2 is 2.20 bits per heavy atom. The highest BCUT2D eigenvalue weighted by atomic mass is 15.1. The van der Waals surface area contributed by atoms with Gasteiger partial charge in [0.25, 0.3) is 0 Å². The zero-order chi connectivity index (χ0) is 10.5. The molecule has 1 aromatic rings. The van der Waals surface area contributed by atoms with Crippen LogP contribution >= 0.6 is 0 Å². The zero-order valence-electron chi connectivity index (χ0n) is 9.58. The molecule has 1 aliphatic rings. The predicted octanol–water partition coefficient (Wildman–Crippen LogP) is 2.33. The van der Waals surface area contributed by atoms with Crippen LogP contribution in [-0.2, 0) is 13.1 Å². The van der Waals surface area contributed by atoms with E-state index in [1.165, 1.54) is 37.9 Å². The highest BCUT2D eigenvalue weighted by Gasteiger charge is 2.13. The van der Waals surface area contributed by atoms with Crippen molar-refractivity contribution in [3.8, 4) is 0 Å². The van der Waals surface area contributed by atoms with E-state index in [0.717, 1.165) is 19.1 Å². The molecule has 2 rings (SSSR count). The van der Waals surface area contributed by atoms with Crippen LogP contribution in [0.1, 0.15) is 44.9 Å². The molecule has 0 atom stereocenters. The minimum absolute atomic E-state index is 0.723. The summed E-state index contributed by atoms with van der Waals surface area (Å²) in [6, 6.07) is 0.723. The third-order valence-electron chi connectivity index (χ3n) is 3.30. The van der Waals surface area contributed by atoms with Crippen molar-refractivity contribution in [3.05, 3.63) is 18.2 Å². The highest BCUT2D eigenvalue weighted by molar-refractivity contribution is 4.92. The van der Waals surface area contributed by atoms with Crippen LogP contribution < -0.4 is 5.32 Å². The maximum Gasteiger partial charge on any atom is 0.122 e. The SMILES string of the molecule is CCn1ccnc1CNC1CCCCC1. The molecule has 0 bridgehead atoms. The minimum atomic E-state index is 0.723. The van der Waals surface area contributed by atoms with Crippen molar-refractivity contribution < 1.29 is 0 Å². The Morgan fingerprint density at radius 3 is 2.93 bits per heavy atom. The number of nitrogens with zero attached hydrogens (tertiary/aromatic N) is 2. The summed E-state index contributed by atoms with van der Waals surface area (Å²) in [5.74, 6) is 1.17. The van der Waals surface area contributed by atoms with Crippen molar-refractivity contribution in [1.29, 1.82) is 0 Å². The van der Waals surface area contributed by atoms with Gasteiger partial charge in [-0.3, -0.25) is 0 Å². The van der Waals surface area contributed by atoms with Crippen molar-refractivity contribution >= 4 is 0 Å². The first-order valence-corrected chi connectivity index (χ1v) is 6.13. The fourth-order valence-corrected chi connectivity index (χ4v) is 2.34. The second-order valence-corrected chi connectivity index (χ2v) is 4.35.